The highest BCUT2D eigenvalue weighted by atomic mass is 32.2. The van der Waals surface area contributed by atoms with Crippen LogP contribution in [-0.2, 0) is 11.3 Å². The van der Waals surface area contributed by atoms with E-state index < -0.39 is 0 Å². The molecule has 2 rings (SSSR count). The van der Waals surface area contributed by atoms with Crippen LogP contribution in [0.25, 0.3) is 5.70 Å². The zero-order valence-corrected chi connectivity index (χ0v) is 13.6. The van der Waals surface area contributed by atoms with Gasteiger partial charge in [0.25, 0.3) is 0 Å². The lowest BCUT2D eigenvalue weighted by Gasteiger charge is -2.25. The average molecular weight is 323 g/mol. The van der Waals surface area contributed by atoms with E-state index in [0.717, 1.165) is 23.7 Å². The predicted molar refractivity (Wildman–Crippen MR) is 88.4 cm³/mol. The van der Waals surface area contributed by atoms with Crippen molar-refractivity contribution < 1.29 is 9.21 Å². The second-order valence-corrected chi connectivity index (χ2v) is 5.88. The molecule has 2 heterocycles. The lowest BCUT2D eigenvalue weighted by Crippen LogP contribution is -2.44. The highest BCUT2D eigenvalue weighted by Gasteiger charge is 2.32. The standard InChI is InChI=1S/C14H21N5O2S/c1-4-7-18-19-12(13(16-3)22-14(19)15)11-6-5-10(21-11)8-17-9(2)20/h5-6,14,18H,3-4,7-8,15H2,1-2H3,(H,17,20). The number of hydrogen-bond acceptors (Lipinski definition) is 7. The maximum Gasteiger partial charge on any atom is 0.217 e. The van der Waals surface area contributed by atoms with Crippen LogP contribution in [0.1, 0.15) is 31.8 Å². The van der Waals surface area contributed by atoms with Gasteiger partial charge in [0, 0.05) is 13.5 Å². The molecule has 0 saturated heterocycles. The Balaban J connectivity index is 2.22. The summed E-state index contributed by atoms with van der Waals surface area (Å²) in [5.41, 5.74) is 9.87. The Hall–Kier alpha value is -1.77. The molecule has 4 N–H and O–H groups in total. The molecule has 1 aliphatic heterocycles. The molecule has 8 heteroatoms. The van der Waals surface area contributed by atoms with Gasteiger partial charge in [-0.05, 0) is 25.3 Å². The fraction of sp³-hybridized carbons (Fsp3) is 0.429. The molecule has 0 saturated carbocycles. The molecule has 22 heavy (non-hydrogen) atoms. The highest BCUT2D eigenvalue weighted by Crippen LogP contribution is 2.40. The predicted octanol–water partition coefficient (Wildman–Crippen LogP) is 1.45. The van der Waals surface area contributed by atoms with Crippen LogP contribution in [-0.4, -0.2) is 29.7 Å². The van der Waals surface area contributed by atoms with Crippen molar-refractivity contribution in [2.24, 2.45) is 10.7 Å². The number of hydrogen-bond donors (Lipinski definition) is 3. The number of carbonyl (C=O) groups excluding carboxylic acids is 1. The molecule has 0 radical (unpaired) electrons. The third-order valence-corrected chi connectivity index (χ3v) is 4.01. The van der Waals surface area contributed by atoms with Crippen molar-refractivity contribution in [3.63, 3.8) is 0 Å². The Kier molecular flexibility index (Phi) is 5.64. The molecule has 1 unspecified atom stereocenters. The van der Waals surface area contributed by atoms with E-state index in [0.29, 0.717) is 18.1 Å². The summed E-state index contributed by atoms with van der Waals surface area (Å²) < 4.78 is 5.80. The summed E-state index contributed by atoms with van der Waals surface area (Å²) in [6.07, 6.45) is 0.976. The third kappa shape index (κ3) is 3.70. The van der Waals surface area contributed by atoms with E-state index in [1.54, 1.807) is 0 Å². The minimum atomic E-state index is -0.286. The van der Waals surface area contributed by atoms with Crippen LogP contribution in [0, 0.1) is 0 Å². The van der Waals surface area contributed by atoms with E-state index in [-0.39, 0.29) is 11.4 Å². The minimum Gasteiger partial charge on any atom is -0.457 e. The Morgan fingerprint density at radius 2 is 2.36 bits per heavy atom. The molecule has 1 amide bonds. The van der Waals surface area contributed by atoms with E-state index in [1.807, 2.05) is 17.1 Å². The number of aliphatic imine (C=N–C) groups is 1. The van der Waals surface area contributed by atoms with Crippen molar-refractivity contribution in [3.05, 3.63) is 28.7 Å². The zero-order valence-electron chi connectivity index (χ0n) is 12.8. The summed E-state index contributed by atoms with van der Waals surface area (Å²) in [5.74, 6) is 1.21. The number of nitrogens with zero attached hydrogens (tertiary/aromatic N) is 2. The fourth-order valence-electron chi connectivity index (χ4n) is 2.00. The minimum absolute atomic E-state index is 0.102. The molecule has 1 aliphatic rings. The van der Waals surface area contributed by atoms with Gasteiger partial charge in [-0.25, -0.2) is 5.43 Å². The maximum absolute atomic E-state index is 11.0. The molecule has 0 bridgehead atoms. The monoisotopic (exact) mass is 323 g/mol. The Labute approximate surface area is 134 Å². The Morgan fingerprint density at radius 3 is 3.00 bits per heavy atom. The van der Waals surface area contributed by atoms with Gasteiger partial charge in [-0.2, -0.15) is 0 Å². The largest absolute Gasteiger partial charge is 0.457 e. The molecule has 1 atom stereocenters. The lowest BCUT2D eigenvalue weighted by atomic mass is 10.3. The van der Waals surface area contributed by atoms with Crippen LogP contribution >= 0.6 is 11.8 Å². The van der Waals surface area contributed by atoms with Gasteiger partial charge in [0.15, 0.2) is 5.76 Å². The van der Waals surface area contributed by atoms with Gasteiger partial charge < -0.3 is 15.5 Å². The first-order valence-corrected chi connectivity index (χ1v) is 7.94. The molecular formula is C14H21N5O2S. The summed E-state index contributed by atoms with van der Waals surface area (Å²) >= 11 is 1.42. The molecule has 7 nitrogen and oxygen atoms in total. The second kappa shape index (κ2) is 7.48. The smallest absolute Gasteiger partial charge is 0.217 e. The van der Waals surface area contributed by atoms with E-state index in [2.05, 4.69) is 29.4 Å². The zero-order chi connectivity index (χ0) is 16.1. The molecule has 0 fully saturated rings. The van der Waals surface area contributed by atoms with E-state index in [9.17, 15) is 4.79 Å². The van der Waals surface area contributed by atoms with Crippen LogP contribution in [0.2, 0.25) is 0 Å². The Morgan fingerprint density at radius 1 is 1.59 bits per heavy atom. The van der Waals surface area contributed by atoms with Gasteiger partial charge in [0.1, 0.15) is 22.0 Å². The van der Waals surface area contributed by atoms with E-state index >= 15 is 0 Å². The Bertz CT molecular complexity index is 584. The molecule has 0 spiro atoms. The van der Waals surface area contributed by atoms with Crippen molar-refractivity contribution >= 4 is 30.1 Å². The topological polar surface area (TPSA) is 95.9 Å². The lowest BCUT2D eigenvalue weighted by molar-refractivity contribution is -0.119. The molecule has 0 aromatic carbocycles. The SMILES string of the molecule is C=NC1=C(c2ccc(CNC(C)=O)o2)N(NCCC)C(N)S1. The van der Waals surface area contributed by atoms with Gasteiger partial charge in [0.2, 0.25) is 5.91 Å². The van der Waals surface area contributed by atoms with Gasteiger partial charge in [-0.15, -0.1) is 0 Å². The van der Waals surface area contributed by atoms with Crippen molar-refractivity contribution in [3.8, 4) is 0 Å². The quantitative estimate of drug-likeness (QED) is 0.657. The van der Waals surface area contributed by atoms with Crippen molar-refractivity contribution in [2.75, 3.05) is 6.54 Å². The number of thioether (sulfide) groups is 1. The van der Waals surface area contributed by atoms with Crippen molar-refractivity contribution in [1.29, 1.82) is 0 Å². The fourth-order valence-corrected chi connectivity index (χ4v) is 2.90. The summed E-state index contributed by atoms with van der Waals surface area (Å²) in [5, 5.41) is 5.27. The summed E-state index contributed by atoms with van der Waals surface area (Å²) in [4.78, 5) is 15.0. The van der Waals surface area contributed by atoms with Crippen LogP contribution in [0.15, 0.2) is 26.6 Å². The number of furan rings is 1. The third-order valence-electron chi connectivity index (χ3n) is 3.01. The molecule has 120 valence electrons. The van der Waals surface area contributed by atoms with Crippen LogP contribution < -0.4 is 16.5 Å². The van der Waals surface area contributed by atoms with Crippen LogP contribution in [0.4, 0.5) is 0 Å². The van der Waals surface area contributed by atoms with Crippen molar-refractivity contribution in [2.45, 2.75) is 32.3 Å². The van der Waals surface area contributed by atoms with Crippen molar-refractivity contribution in [1.82, 2.24) is 15.8 Å². The first-order chi connectivity index (χ1) is 10.6. The van der Waals surface area contributed by atoms with Crippen LogP contribution in [0.5, 0.6) is 0 Å². The highest BCUT2D eigenvalue weighted by molar-refractivity contribution is 8.04. The molecular weight excluding hydrogens is 302 g/mol. The number of rotatable bonds is 7. The van der Waals surface area contributed by atoms with E-state index in [4.69, 9.17) is 10.2 Å². The molecule has 0 aliphatic carbocycles. The summed E-state index contributed by atoms with van der Waals surface area (Å²) in [6, 6.07) is 3.67. The van der Waals surface area contributed by atoms with Gasteiger partial charge >= 0.3 is 0 Å². The second-order valence-electron chi connectivity index (χ2n) is 4.77. The normalized spacial score (nSPS) is 18.0. The first kappa shape index (κ1) is 16.6. The number of hydrazine groups is 1. The van der Waals surface area contributed by atoms with E-state index in [1.165, 1.54) is 18.7 Å². The van der Waals surface area contributed by atoms with Gasteiger partial charge in [-0.3, -0.25) is 14.8 Å². The van der Waals surface area contributed by atoms with Crippen LogP contribution in [0.3, 0.4) is 0 Å². The number of amides is 1. The summed E-state index contributed by atoms with van der Waals surface area (Å²) in [7, 11) is 0. The number of carbonyl (C=O) groups is 1. The number of nitrogens with two attached hydrogens (primary N) is 1. The average Bonchev–Trinajstić information content (AvgIpc) is 3.07. The first-order valence-electron chi connectivity index (χ1n) is 7.06. The summed E-state index contributed by atoms with van der Waals surface area (Å²) in [6.45, 7) is 8.29. The van der Waals surface area contributed by atoms with Gasteiger partial charge in [-0.1, -0.05) is 18.7 Å². The molecule has 1 aromatic rings. The maximum atomic E-state index is 11.0. The van der Waals surface area contributed by atoms with Gasteiger partial charge in [0.05, 0.1) is 6.54 Å². The molecule has 1 aromatic heterocycles. The number of nitrogens with one attached hydrogen (secondary N) is 2.